The van der Waals surface area contributed by atoms with E-state index in [-0.39, 0.29) is 22.6 Å². The third-order valence-corrected chi connectivity index (χ3v) is 2.88. The lowest BCUT2D eigenvalue weighted by atomic mass is 10.1. The molecule has 0 aliphatic carbocycles. The number of nitrogens with one attached hydrogen (secondary N) is 1. The number of thiocarbonyl (C=S) groups is 1. The van der Waals surface area contributed by atoms with Crippen LogP contribution in [0.1, 0.15) is 18.1 Å². The molecule has 0 radical (unpaired) electrons. The maximum Gasteiger partial charge on any atom is 0.274 e. The zero-order valence-corrected chi connectivity index (χ0v) is 10.9. The molecule has 92 valence electrons. The minimum Gasteiger partial charge on any atom is -0.297 e. The predicted octanol–water partition coefficient (Wildman–Crippen LogP) is 1.60. The highest BCUT2D eigenvalue weighted by Gasteiger charge is 2.32. The van der Waals surface area contributed by atoms with Crippen molar-refractivity contribution in [1.29, 1.82) is 0 Å². The van der Waals surface area contributed by atoms with E-state index in [4.69, 9.17) is 12.2 Å². The van der Waals surface area contributed by atoms with Gasteiger partial charge in [-0.2, -0.15) is 0 Å². The van der Waals surface area contributed by atoms with Crippen LogP contribution in [-0.4, -0.2) is 21.8 Å². The van der Waals surface area contributed by atoms with Crippen LogP contribution < -0.4 is 5.32 Å². The largest absolute Gasteiger partial charge is 0.297 e. The van der Waals surface area contributed by atoms with Crippen LogP contribution in [0.15, 0.2) is 30.0 Å². The highest BCUT2D eigenvalue weighted by Crippen LogP contribution is 2.17. The van der Waals surface area contributed by atoms with Crippen LogP contribution in [-0.2, 0) is 9.59 Å². The summed E-state index contributed by atoms with van der Waals surface area (Å²) in [4.78, 5) is 24.4. The fourth-order valence-corrected chi connectivity index (χ4v) is 2.01. The molecule has 1 aromatic rings. The summed E-state index contributed by atoms with van der Waals surface area (Å²) in [5.74, 6) is -0.632. The zero-order valence-electron chi connectivity index (χ0n) is 10.1. The standard InChI is InChI=1S/C13H12N2O2S/c1-8-3-5-10(6-4-8)7-11-12(17)14-13(18)15(11)9(2)16/h3-7H,1-2H3,(H,14,17,18)/b11-7+. The van der Waals surface area contributed by atoms with E-state index >= 15 is 0 Å². The number of hydrogen-bond acceptors (Lipinski definition) is 3. The van der Waals surface area contributed by atoms with Crippen LogP contribution >= 0.6 is 12.2 Å². The SMILES string of the molecule is CC(=O)N1C(=S)NC(=O)/C1=C\c1ccc(C)cc1. The summed E-state index contributed by atoms with van der Waals surface area (Å²) in [6, 6.07) is 7.65. The molecule has 1 fully saturated rings. The summed E-state index contributed by atoms with van der Waals surface area (Å²) in [6.45, 7) is 3.35. The number of amides is 2. The van der Waals surface area contributed by atoms with E-state index in [9.17, 15) is 9.59 Å². The molecule has 1 aliphatic rings. The topological polar surface area (TPSA) is 49.4 Å². The summed E-state index contributed by atoms with van der Waals surface area (Å²) in [7, 11) is 0. The number of benzene rings is 1. The van der Waals surface area contributed by atoms with E-state index in [0.29, 0.717) is 0 Å². The van der Waals surface area contributed by atoms with Gasteiger partial charge in [0.1, 0.15) is 5.70 Å². The van der Waals surface area contributed by atoms with Gasteiger partial charge < -0.3 is 0 Å². The third kappa shape index (κ3) is 2.31. The minimum absolute atomic E-state index is 0.130. The maximum atomic E-state index is 11.7. The number of carbonyl (C=O) groups is 2. The Hall–Kier alpha value is -2.01. The average molecular weight is 260 g/mol. The van der Waals surface area contributed by atoms with Crippen LogP contribution in [0.4, 0.5) is 0 Å². The summed E-state index contributed by atoms with van der Waals surface area (Å²) >= 11 is 4.94. The van der Waals surface area contributed by atoms with E-state index in [1.54, 1.807) is 6.08 Å². The third-order valence-electron chi connectivity index (χ3n) is 2.59. The molecule has 1 heterocycles. The number of nitrogens with zero attached hydrogens (tertiary/aromatic N) is 1. The van der Waals surface area contributed by atoms with Crippen molar-refractivity contribution >= 4 is 35.2 Å². The van der Waals surface area contributed by atoms with Gasteiger partial charge in [0, 0.05) is 6.92 Å². The summed E-state index contributed by atoms with van der Waals surface area (Å²) in [6.07, 6.45) is 1.65. The Kier molecular flexibility index (Phi) is 3.25. The van der Waals surface area contributed by atoms with Gasteiger partial charge in [-0.15, -0.1) is 0 Å². The number of aryl methyl sites for hydroxylation is 1. The van der Waals surface area contributed by atoms with Crippen molar-refractivity contribution < 1.29 is 9.59 Å². The Bertz CT molecular complexity index is 561. The average Bonchev–Trinajstić information content (AvgIpc) is 2.57. The lowest BCUT2D eigenvalue weighted by molar-refractivity contribution is -0.125. The number of carbonyl (C=O) groups excluding carboxylic acids is 2. The van der Waals surface area contributed by atoms with E-state index in [2.05, 4.69) is 5.32 Å². The van der Waals surface area contributed by atoms with E-state index < -0.39 is 0 Å². The van der Waals surface area contributed by atoms with Crippen molar-refractivity contribution in [2.24, 2.45) is 0 Å². The molecule has 0 aromatic heterocycles. The van der Waals surface area contributed by atoms with Crippen LogP contribution in [0.2, 0.25) is 0 Å². The second-order valence-corrected chi connectivity index (χ2v) is 4.44. The second-order valence-electron chi connectivity index (χ2n) is 4.05. The molecule has 1 saturated heterocycles. The van der Waals surface area contributed by atoms with Crippen LogP contribution in [0.3, 0.4) is 0 Å². The maximum absolute atomic E-state index is 11.7. The van der Waals surface area contributed by atoms with Crippen LogP contribution in [0, 0.1) is 6.92 Å². The van der Waals surface area contributed by atoms with Gasteiger partial charge in [0.2, 0.25) is 5.91 Å². The molecule has 0 saturated carbocycles. The minimum atomic E-state index is -0.351. The molecular formula is C13H12N2O2S. The highest BCUT2D eigenvalue weighted by molar-refractivity contribution is 7.80. The molecule has 4 nitrogen and oxygen atoms in total. The lowest BCUT2D eigenvalue weighted by Gasteiger charge is -2.12. The fourth-order valence-electron chi connectivity index (χ4n) is 1.69. The van der Waals surface area contributed by atoms with Crippen LogP contribution in [0.25, 0.3) is 6.08 Å². The van der Waals surface area contributed by atoms with E-state index in [1.807, 2.05) is 31.2 Å². The molecule has 1 aromatic carbocycles. The van der Waals surface area contributed by atoms with Gasteiger partial charge in [-0.25, -0.2) is 0 Å². The second kappa shape index (κ2) is 4.70. The first-order chi connectivity index (χ1) is 8.49. The molecular weight excluding hydrogens is 248 g/mol. The molecule has 5 heteroatoms. The molecule has 2 rings (SSSR count). The Balaban J connectivity index is 2.41. The lowest BCUT2D eigenvalue weighted by Crippen LogP contribution is -2.31. The quantitative estimate of drug-likeness (QED) is 0.616. The Labute approximate surface area is 110 Å². The summed E-state index contributed by atoms with van der Waals surface area (Å²) < 4.78 is 0. The van der Waals surface area contributed by atoms with Gasteiger partial charge in [-0.05, 0) is 30.8 Å². The normalized spacial score (nSPS) is 17.2. The fraction of sp³-hybridized carbons (Fsp3) is 0.154. The zero-order chi connectivity index (χ0) is 13.3. The van der Waals surface area contributed by atoms with Gasteiger partial charge in [0.15, 0.2) is 5.11 Å². The monoisotopic (exact) mass is 260 g/mol. The van der Waals surface area contributed by atoms with Crippen molar-refractivity contribution in [2.75, 3.05) is 0 Å². The van der Waals surface area contributed by atoms with Crippen molar-refractivity contribution in [1.82, 2.24) is 10.2 Å². The summed E-state index contributed by atoms with van der Waals surface area (Å²) in [5.41, 5.74) is 2.24. The first-order valence-electron chi connectivity index (χ1n) is 5.43. The number of rotatable bonds is 1. The highest BCUT2D eigenvalue weighted by atomic mass is 32.1. The molecule has 2 amide bonds. The van der Waals surface area contributed by atoms with Crippen LogP contribution in [0.5, 0.6) is 0 Å². The van der Waals surface area contributed by atoms with E-state index in [0.717, 1.165) is 11.1 Å². The molecule has 1 N–H and O–H groups in total. The van der Waals surface area contributed by atoms with Gasteiger partial charge in [-0.1, -0.05) is 29.8 Å². The Morgan fingerprint density at radius 1 is 1.33 bits per heavy atom. The van der Waals surface area contributed by atoms with Gasteiger partial charge in [0.05, 0.1) is 0 Å². The predicted molar refractivity (Wildman–Crippen MR) is 72.4 cm³/mol. The molecule has 0 unspecified atom stereocenters. The van der Waals surface area contributed by atoms with Gasteiger partial charge in [-0.3, -0.25) is 19.8 Å². The Morgan fingerprint density at radius 3 is 2.50 bits per heavy atom. The first kappa shape index (κ1) is 12.4. The molecule has 18 heavy (non-hydrogen) atoms. The smallest absolute Gasteiger partial charge is 0.274 e. The van der Waals surface area contributed by atoms with Gasteiger partial charge in [0.25, 0.3) is 5.91 Å². The molecule has 0 atom stereocenters. The molecule has 1 aliphatic heterocycles. The van der Waals surface area contributed by atoms with Crippen molar-refractivity contribution in [2.45, 2.75) is 13.8 Å². The molecule has 0 bridgehead atoms. The van der Waals surface area contributed by atoms with E-state index in [1.165, 1.54) is 11.8 Å². The summed E-state index contributed by atoms with van der Waals surface area (Å²) in [5, 5.41) is 2.59. The Morgan fingerprint density at radius 2 is 1.94 bits per heavy atom. The van der Waals surface area contributed by atoms with Crippen molar-refractivity contribution in [3.05, 3.63) is 41.1 Å². The van der Waals surface area contributed by atoms with Gasteiger partial charge >= 0.3 is 0 Å². The number of hydrogen-bond donors (Lipinski definition) is 1. The van der Waals surface area contributed by atoms with Crippen molar-refractivity contribution in [3.8, 4) is 0 Å². The first-order valence-corrected chi connectivity index (χ1v) is 5.84. The molecule has 0 spiro atoms. The van der Waals surface area contributed by atoms with Crippen molar-refractivity contribution in [3.63, 3.8) is 0 Å².